The van der Waals surface area contributed by atoms with Crippen molar-refractivity contribution in [2.75, 3.05) is 13.1 Å². The fourth-order valence-corrected chi connectivity index (χ4v) is 5.66. The van der Waals surface area contributed by atoms with Crippen molar-refractivity contribution in [3.63, 3.8) is 0 Å². The van der Waals surface area contributed by atoms with Crippen LogP contribution in [0.2, 0.25) is 10.0 Å². The normalized spacial score (nSPS) is 16.8. The molecule has 1 heterocycles. The topological polar surface area (TPSA) is 46.6 Å². The minimum absolute atomic E-state index is 0.122. The molecular formula is C17H16BrCl2NO3S. The van der Waals surface area contributed by atoms with Gasteiger partial charge in [-0.25, -0.2) is 8.42 Å². The van der Waals surface area contributed by atoms with Crippen LogP contribution in [0.5, 0.6) is 5.75 Å². The van der Waals surface area contributed by atoms with Crippen LogP contribution in [-0.4, -0.2) is 31.9 Å². The Morgan fingerprint density at radius 3 is 2.20 bits per heavy atom. The lowest BCUT2D eigenvalue weighted by Crippen LogP contribution is -2.41. The van der Waals surface area contributed by atoms with E-state index < -0.39 is 10.0 Å². The van der Waals surface area contributed by atoms with E-state index in [1.54, 1.807) is 42.5 Å². The van der Waals surface area contributed by atoms with Crippen molar-refractivity contribution in [3.8, 4) is 5.75 Å². The van der Waals surface area contributed by atoms with E-state index in [2.05, 4.69) is 15.9 Å². The first-order valence-corrected chi connectivity index (χ1v) is 10.7. The monoisotopic (exact) mass is 463 g/mol. The minimum atomic E-state index is -3.53. The Bertz CT molecular complexity index is 848. The molecule has 0 aliphatic carbocycles. The lowest BCUT2D eigenvalue weighted by molar-refractivity contribution is 0.135. The molecule has 0 aromatic heterocycles. The van der Waals surface area contributed by atoms with E-state index in [9.17, 15) is 8.42 Å². The quantitative estimate of drug-likeness (QED) is 0.640. The molecule has 8 heteroatoms. The number of para-hydroxylation sites is 1. The van der Waals surface area contributed by atoms with E-state index in [4.69, 9.17) is 27.9 Å². The molecule has 134 valence electrons. The van der Waals surface area contributed by atoms with Gasteiger partial charge in [-0.15, -0.1) is 0 Å². The van der Waals surface area contributed by atoms with Gasteiger partial charge in [0.15, 0.2) is 5.75 Å². The first-order valence-electron chi connectivity index (χ1n) is 7.75. The predicted octanol–water partition coefficient (Wildman–Crippen LogP) is 4.99. The van der Waals surface area contributed by atoms with E-state index >= 15 is 0 Å². The third-order valence-corrected chi connectivity index (χ3v) is 7.56. The van der Waals surface area contributed by atoms with Gasteiger partial charge in [-0.2, -0.15) is 4.31 Å². The largest absolute Gasteiger partial charge is 0.487 e. The number of piperidine rings is 1. The van der Waals surface area contributed by atoms with E-state index in [1.807, 2.05) is 0 Å². The van der Waals surface area contributed by atoms with Crippen molar-refractivity contribution in [2.45, 2.75) is 23.8 Å². The third kappa shape index (κ3) is 4.14. The zero-order valence-electron chi connectivity index (χ0n) is 13.2. The van der Waals surface area contributed by atoms with Gasteiger partial charge in [-0.05, 0) is 53.0 Å². The molecule has 2 aromatic rings. The highest BCUT2D eigenvalue weighted by Crippen LogP contribution is 2.35. The summed E-state index contributed by atoms with van der Waals surface area (Å²) in [4.78, 5) is 0.281. The zero-order chi connectivity index (χ0) is 18.0. The summed E-state index contributed by atoms with van der Waals surface area (Å²) < 4.78 is 33.6. The van der Waals surface area contributed by atoms with Gasteiger partial charge in [-0.1, -0.05) is 41.4 Å². The Morgan fingerprint density at radius 2 is 1.60 bits per heavy atom. The van der Waals surface area contributed by atoms with E-state index in [0.717, 1.165) is 0 Å². The lowest BCUT2D eigenvalue weighted by atomic mass is 10.1. The first-order chi connectivity index (χ1) is 11.9. The summed E-state index contributed by atoms with van der Waals surface area (Å²) in [6.45, 7) is 0.771. The Balaban J connectivity index is 1.69. The highest BCUT2D eigenvalue weighted by Gasteiger charge is 2.31. The smallest absolute Gasteiger partial charge is 0.244 e. The van der Waals surface area contributed by atoms with Crippen LogP contribution in [0.25, 0.3) is 0 Å². The molecule has 0 atom stereocenters. The second-order valence-corrected chi connectivity index (χ2v) is 9.28. The summed E-state index contributed by atoms with van der Waals surface area (Å²) in [6.07, 6.45) is 1.03. The number of benzene rings is 2. The highest BCUT2D eigenvalue weighted by molar-refractivity contribution is 9.10. The maximum atomic E-state index is 12.8. The molecule has 25 heavy (non-hydrogen) atoms. The number of sulfonamides is 1. The van der Waals surface area contributed by atoms with Crippen molar-refractivity contribution in [1.29, 1.82) is 0 Å². The molecule has 0 bridgehead atoms. The summed E-state index contributed by atoms with van der Waals surface area (Å²) >= 11 is 15.6. The Morgan fingerprint density at radius 1 is 1.00 bits per heavy atom. The summed E-state index contributed by atoms with van der Waals surface area (Å²) in [5.74, 6) is 0.456. The average Bonchev–Trinajstić information content (AvgIpc) is 2.59. The fourth-order valence-electron chi connectivity index (χ4n) is 2.75. The first kappa shape index (κ1) is 19.0. The Hall–Kier alpha value is -0.790. The second kappa shape index (κ2) is 7.84. The van der Waals surface area contributed by atoms with Crippen molar-refractivity contribution >= 4 is 49.2 Å². The van der Waals surface area contributed by atoms with Crippen LogP contribution in [0, 0.1) is 0 Å². The van der Waals surface area contributed by atoms with E-state index in [1.165, 1.54) is 4.31 Å². The van der Waals surface area contributed by atoms with Crippen LogP contribution in [0.3, 0.4) is 0 Å². The number of rotatable bonds is 4. The van der Waals surface area contributed by atoms with Gasteiger partial charge >= 0.3 is 0 Å². The van der Waals surface area contributed by atoms with Gasteiger partial charge in [-0.3, -0.25) is 0 Å². The van der Waals surface area contributed by atoms with Gasteiger partial charge in [0.05, 0.1) is 14.9 Å². The zero-order valence-corrected chi connectivity index (χ0v) is 17.1. The van der Waals surface area contributed by atoms with Crippen LogP contribution in [0.15, 0.2) is 51.8 Å². The van der Waals surface area contributed by atoms with Crippen molar-refractivity contribution in [3.05, 3.63) is 57.0 Å². The molecule has 0 saturated carbocycles. The molecule has 1 fully saturated rings. The van der Waals surface area contributed by atoms with Gasteiger partial charge in [0.1, 0.15) is 6.10 Å². The van der Waals surface area contributed by atoms with Crippen LogP contribution in [0.1, 0.15) is 12.8 Å². The van der Waals surface area contributed by atoms with Crippen LogP contribution in [-0.2, 0) is 10.0 Å². The van der Waals surface area contributed by atoms with Gasteiger partial charge < -0.3 is 4.74 Å². The summed E-state index contributed by atoms with van der Waals surface area (Å²) in [7, 11) is -3.53. The van der Waals surface area contributed by atoms with Gasteiger partial charge in [0.25, 0.3) is 0 Å². The van der Waals surface area contributed by atoms with Crippen molar-refractivity contribution in [2.24, 2.45) is 0 Å². The van der Waals surface area contributed by atoms with Crippen LogP contribution < -0.4 is 4.74 Å². The Kier molecular flexibility index (Phi) is 5.96. The molecule has 0 spiro atoms. The number of ether oxygens (including phenoxy) is 1. The van der Waals surface area contributed by atoms with Gasteiger partial charge in [0.2, 0.25) is 10.0 Å². The molecule has 0 radical (unpaired) electrons. The molecule has 1 aliphatic heterocycles. The second-order valence-electron chi connectivity index (χ2n) is 5.70. The van der Waals surface area contributed by atoms with Crippen LogP contribution in [0.4, 0.5) is 0 Å². The summed E-state index contributed by atoms with van der Waals surface area (Å²) in [6, 6.07) is 12.0. The van der Waals surface area contributed by atoms with Crippen LogP contribution >= 0.6 is 39.1 Å². The van der Waals surface area contributed by atoms with Gasteiger partial charge in [0, 0.05) is 17.6 Å². The maximum absolute atomic E-state index is 12.8. The standard InChI is InChI=1S/C17H16BrCl2NO3S/c18-13-4-1-2-7-16(13)25(22,23)21-10-8-12(9-11-21)24-17-14(19)5-3-6-15(17)20/h1-7,12H,8-11H2. The molecule has 1 aliphatic rings. The minimum Gasteiger partial charge on any atom is -0.487 e. The number of hydrogen-bond acceptors (Lipinski definition) is 3. The van der Waals surface area contributed by atoms with Crippen molar-refractivity contribution in [1.82, 2.24) is 4.31 Å². The molecule has 3 rings (SSSR count). The number of nitrogens with zero attached hydrogens (tertiary/aromatic N) is 1. The average molecular weight is 465 g/mol. The fraction of sp³-hybridized carbons (Fsp3) is 0.294. The molecule has 1 saturated heterocycles. The summed E-state index contributed by atoms with van der Waals surface area (Å²) in [5, 5.41) is 0.909. The Labute approximate surface area is 165 Å². The van der Waals surface area contributed by atoms with E-state index in [0.29, 0.717) is 46.2 Å². The third-order valence-electron chi connectivity index (χ3n) is 4.06. The summed E-state index contributed by atoms with van der Waals surface area (Å²) in [5.41, 5.74) is 0. The molecular weight excluding hydrogens is 449 g/mol. The molecule has 2 aromatic carbocycles. The predicted molar refractivity (Wildman–Crippen MR) is 103 cm³/mol. The molecule has 0 unspecified atom stereocenters. The molecule has 4 nitrogen and oxygen atoms in total. The molecule has 0 amide bonds. The SMILES string of the molecule is O=S(=O)(c1ccccc1Br)N1CCC(Oc2c(Cl)cccc2Cl)CC1. The number of hydrogen-bond donors (Lipinski definition) is 0. The highest BCUT2D eigenvalue weighted by atomic mass is 79.9. The van der Waals surface area contributed by atoms with Crippen molar-refractivity contribution < 1.29 is 13.2 Å². The molecule has 0 N–H and O–H groups in total. The van der Waals surface area contributed by atoms with E-state index in [-0.39, 0.29) is 11.0 Å². The lowest BCUT2D eigenvalue weighted by Gasteiger charge is -2.32. The maximum Gasteiger partial charge on any atom is 0.244 e. The number of halogens is 3.